The standard InChI is InChI=1S/C12H26O4Si/c1-12(2,3)17(5,6)16-8-7-10(13)9-11(14)15-4/h10,13H,7-9H2,1-6H3/t10-/m0/s1. The highest BCUT2D eigenvalue weighted by Gasteiger charge is 2.36. The van der Waals surface area contributed by atoms with Crippen LogP contribution in [0, 0.1) is 0 Å². The topological polar surface area (TPSA) is 55.8 Å². The number of hydrogen-bond acceptors (Lipinski definition) is 4. The van der Waals surface area contributed by atoms with Gasteiger partial charge in [0.15, 0.2) is 8.32 Å². The Morgan fingerprint density at radius 3 is 2.29 bits per heavy atom. The van der Waals surface area contributed by atoms with Crippen LogP contribution in [0.25, 0.3) is 0 Å². The molecule has 0 aromatic heterocycles. The predicted octanol–water partition coefficient (Wildman–Crippen LogP) is 2.32. The Balaban J connectivity index is 3.95. The second-order valence-electron chi connectivity index (χ2n) is 5.83. The number of rotatable bonds is 6. The zero-order valence-corrected chi connectivity index (χ0v) is 12.9. The monoisotopic (exact) mass is 262 g/mol. The molecule has 1 atom stereocenters. The normalized spacial score (nSPS) is 14.5. The minimum Gasteiger partial charge on any atom is -0.469 e. The van der Waals surface area contributed by atoms with Crippen molar-refractivity contribution in [2.75, 3.05) is 13.7 Å². The molecule has 5 heteroatoms. The Morgan fingerprint density at radius 2 is 1.88 bits per heavy atom. The van der Waals surface area contributed by atoms with Gasteiger partial charge < -0.3 is 14.3 Å². The van der Waals surface area contributed by atoms with Gasteiger partial charge in [-0.15, -0.1) is 0 Å². The summed E-state index contributed by atoms with van der Waals surface area (Å²) in [5, 5.41) is 9.75. The maximum Gasteiger partial charge on any atom is 0.308 e. The Bertz CT molecular complexity index is 245. The lowest BCUT2D eigenvalue weighted by molar-refractivity contribution is -0.142. The zero-order valence-electron chi connectivity index (χ0n) is 11.9. The first-order chi connectivity index (χ1) is 7.60. The van der Waals surface area contributed by atoms with Gasteiger partial charge in [0.25, 0.3) is 0 Å². The van der Waals surface area contributed by atoms with Gasteiger partial charge in [-0.05, 0) is 24.6 Å². The van der Waals surface area contributed by atoms with Gasteiger partial charge in [-0.3, -0.25) is 4.79 Å². The van der Waals surface area contributed by atoms with Crippen molar-refractivity contribution < 1.29 is 19.1 Å². The van der Waals surface area contributed by atoms with E-state index in [1.165, 1.54) is 7.11 Å². The molecule has 0 saturated heterocycles. The fraction of sp³-hybridized carbons (Fsp3) is 0.917. The lowest BCUT2D eigenvalue weighted by atomic mass is 10.2. The van der Waals surface area contributed by atoms with E-state index in [1.54, 1.807) is 0 Å². The molecule has 0 rings (SSSR count). The van der Waals surface area contributed by atoms with E-state index in [9.17, 15) is 9.90 Å². The molecule has 0 bridgehead atoms. The van der Waals surface area contributed by atoms with Crippen LogP contribution in [-0.4, -0.2) is 39.2 Å². The van der Waals surface area contributed by atoms with Crippen LogP contribution >= 0.6 is 0 Å². The summed E-state index contributed by atoms with van der Waals surface area (Å²) in [6.07, 6.45) is -0.161. The Morgan fingerprint density at radius 1 is 1.35 bits per heavy atom. The van der Waals surface area contributed by atoms with Gasteiger partial charge in [0, 0.05) is 6.61 Å². The van der Waals surface area contributed by atoms with E-state index in [-0.39, 0.29) is 17.4 Å². The Hall–Kier alpha value is -0.393. The zero-order chi connectivity index (χ0) is 13.7. The van der Waals surface area contributed by atoms with Crippen LogP contribution in [0.15, 0.2) is 0 Å². The first-order valence-corrected chi connectivity index (χ1v) is 8.90. The number of esters is 1. The second-order valence-corrected chi connectivity index (χ2v) is 10.6. The Kier molecular flexibility index (Phi) is 6.36. The van der Waals surface area contributed by atoms with Crippen molar-refractivity contribution in [3.05, 3.63) is 0 Å². The summed E-state index contributed by atoms with van der Waals surface area (Å²) in [6, 6.07) is 0. The number of hydrogen-bond donors (Lipinski definition) is 1. The molecule has 1 N–H and O–H groups in total. The summed E-state index contributed by atoms with van der Waals surface area (Å²) < 4.78 is 10.4. The van der Waals surface area contributed by atoms with Crippen LogP contribution < -0.4 is 0 Å². The minimum atomic E-state index is -1.75. The summed E-state index contributed by atoms with van der Waals surface area (Å²) >= 11 is 0. The number of carbonyl (C=O) groups is 1. The molecular formula is C12H26O4Si. The molecule has 0 amide bonds. The van der Waals surface area contributed by atoms with E-state index in [0.29, 0.717) is 13.0 Å². The number of aliphatic hydroxyl groups excluding tert-OH is 1. The first-order valence-electron chi connectivity index (χ1n) is 5.99. The number of carbonyl (C=O) groups excluding carboxylic acids is 1. The second kappa shape index (κ2) is 6.52. The van der Waals surface area contributed by atoms with Crippen molar-refractivity contribution >= 4 is 14.3 Å². The quantitative estimate of drug-likeness (QED) is 0.589. The van der Waals surface area contributed by atoms with Crippen molar-refractivity contribution in [1.82, 2.24) is 0 Å². The summed E-state index contributed by atoms with van der Waals surface area (Å²) in [4.78, 5) is 10.9. The fourth-order valence-corrected chi connectivity index (χ4v) is 2.11. The van der Waals surface area contributed by atoms with Gasteiger partial charge in [-0.25, -0.2) is 0 Å². The van der Waals surface area contributed by atoms with Crippen LogP contribution in [0.1, 0.15) is 33.6 Å². The van der Waals surface area contributed by atoms with E-state index in [4.69, 9.17) is 4.43 Å². The van der Waals surface area contributed by atoms with Crippen molar-refractivity contribution in [3.8, 4) is 0 Å². The molecule has 4 nitrogen and oxygen atoms in total. The predicted molar refractivity (Wildman–Crippen MR) is 70.4 cm³/mol. The summed E-state index contributed by atoms with van der Waals surface area (Å²) in [6.45, 7) is 11.3. The summed E-state index contributed by atoms with van der Waals surface area (Å²) in [5.74, 6) is -0.384. The van der Waals surface area contributed by atoms with Gasteiger partial charge >= 0.3 is 5.97 Å². The smallest absolute Gasteiger partial charge is 0.308 e. The molecule has 17 heavy (non-hydrogen) atoms. The van der Waals surface area contributed by atoms with E-state index >= 15 is 0 Å². The average molecular weight is 262 g/mol. The van der Waals surface area contributed by atoms with Gasteiger partial charge in [-0.2, -0.15) is 0 Å². The number of aliphatic hydroxyl groups is 1. The third-order valence-electron chi connectivity index (χ3n) is 3.35. The number of methoxy groups -OCH3 is 1. The van der Waals surface area contributed by atoms with E-state index in [0.717, 1.165) is 0 Å². The molecule has 0 spiro atoms. The SMILES string of the molecule is COC(=O)C[C@@H](O)CCO[Si](C)(C)C(C)(C)C. The van der Waals surface area contributed by atoms with Gasteiger partial charge in [0.05, 0.1) is 19.6 Å². The van der Waals surface area contributed by atoms with Crippen molar-refractivity contribution in [1.29, 1.82) is 0 Å². The molecule has 0 aliphatic rings. The molecule has 0 aliphatic carbocycles. The van der Waals surface area contributed by atoms with E-state index in [2.05, 4.69) is 38.6 Å². The lowest BCUT2D eigenvalue weighted by Gasteiger charge is -2.36. The first kappa shape index (κ1) is 16.6. The van der Waals surface area contributed by atoms with Crippen LogP contribution in [0.2, 0.25) is 18.1 Å². The highest BCUT2D eigenvalue weighted by atomic mass is 28.4. The van der Waals surface area contributed by atoms with Crippen molar-refractivity contribution in [2.24, 2.45) is 0 Å². The lowest BCUT2D eigenvalue weighted by Crippen LogP contribution is -2.41. The highest BCUT2D eigenvalue weighted by Crippen LogP contribution is 2.36. The van der Waals surface area contributed by atoms with Crippen molar-refractivity contribution in [3.63, 3.8) is 0 Å². The fourth-order valence-electron chi connectivity index (χ4n) is 1.04. The third-order valence-corrected chi connectivity index (χ3v) is 7.89. The highest BCUT2D eigenvalue weighted by molar-refractivity contribution is 6.74. The molecule has 0 radical (unpaired) electrons. The minimum absolute atomic E-state index is 0.0390. The Labute approximate surface area is 105 Å². The molecular weight excluding hydrogens is 236 g/mol. The van der Waals surface area contributed by atoms with Crippen LogP contribution in [-0.2, 0) is 14.0 Å². The molecule has 0 aromatic carbocycles. The molecule has 0 fully saturated rings. The van der Waals surface area contributed by atoms with Gasteiger partial charge in [0.1, 0.15) is 0 Å². The molecule has 0 aliphatic heterocycles. The van der Waals surface area contributed by atoms with Crippen LogP contribution in [0.5, 0.6) is 0 Å². The largest absolute Gasteiger partial charge is 0.469 e. The van der Waals surface area contributed by atoms with E-state index in [1.807, 2.05) is 0 Å². The molecule has 102 valence electrons. The number of ether oxygens (including phenoxy) is 1. The van der Waals surface area contributed by atoms with E-state index < -0.39 is 14.4 Å². The maximum absolute atomic E-state index is 10.9. The molecule has 0 aromatic rings. The van der Waals surface area contributed by atoms with Gasteiger partial charge in [0.2, 0.25) is 0 Å². The third kappa shape index (κ3) is 6.19. The maximum atomic E-state index is 10.9. The molecule has 0 unspecified atom stereocenters. The average Bonchev–Trinajstić information content (AvgIpc) is 2.15. The van der Waals surface area contributed by atoms with Crippen LogP contribution in [0.3, 0.4) is 0 Å². The van der Waals surface area contributed by atoms with Crippen LogP contribution in [0.4, 0.5) is 0 Å². The summed E-state index contributed by atoms with van der Waals surface area (Å²) in [5.41, 5.74) is 0. The summed E-state index contributed by atoms with van der Waals surface area (Å²) in [7, 11) is -0.427. The van der Waals surface area contributed by atoms with Gasteiger partial charge in [-0.1, -0.05) is 20.8 Å². The molecule has 0 heterocycles. The van der Waals surface area contributed by atoms with Crippen molar-refractivity contribution in [2.45, 2.75) is 57.8 Å². The molecule has 0 saturated carbocycles.